The van der Waals surface area contributed by atoms with Crippen LogP contribution in [0.25, 0.3) is 0 Å². The summed E-state index contributed by atoms with van der Waals surface area (Å²) < 4.78 is 5.20. The SMILES string of the molecule is COc1ccc(N2CCCNCCC2C)cc1. The zero-order valence-electron chi connectivity index (χ0n) is 10.8. The van der Waals surface area contributed by atoms with Gasteiger partial charge in [0.15, 0.2) is 0 Å². The predicted octanol–water partition coefficient (Wildman–Crippen LogP) is 2.27. The Labute approximate surface area is 104 Å². The van der Waals surface area contributed by atoms with Crippen molar-refractivity contribution >= 4 is 5.69 Å². The molecule has 1 N–H and O–H groups in total. The molecule has 0 aromatic heterocycles. The van der Waals surface area contributed by atoms with E-state index in [1.54, 1.807) is 7.11 Å². The van der Waals surface area contributed by atoms with Gasteiger partial charge in [-0.3, -0.25) is 0 Å². The van der Waals surface area contributed by atoms with Crippen LogP contribution in [-0.4, -0.2) is 32.8 Å². The van der Waals surface area contributed by atoms with Crippen molar-refractivity contribution in [2.45, 2.75) is 25.8 Å². The first kappa shape index (κ1) is 12.2. The van der Waals surface area contributed by atoms with Gasteiger partial charge in [-0.25, -0.2) is 0 Å². The zero-order valence-corrected chi connectivity index (χ0v) is 10.8. The first-order valence-corrected chi connectivity index (χ1v) is 6.42. The van der Waals surface area contributed by atoms with Crippen molar-refractivity contribution in [3.05, 3.63) is 24.3 Å². The molecule has 94 valence electrons. The van der Waals surface area contributed by atoms with Crippen LogP contribution in [0.3, 0.4) is 0 Å². The lowest BCUT2D eigenvalue weighted by atomic mass is 10.1. The van der Waals surface area contributed by atoms with Crippen LogP contribution in [0, 0.1) is 0 Å². The third-order valence-corrected chi connectivity index (χ3v) is 3.43. The summed E-state index contributed by atoms with van der Waals surface area (Å²) in [4.78, 5) is 2.50. The highest BCUT2D eigenvalue weighted by Gasteiger charge is 2.15. The minimum Gasteiger partial charge on any atom is -0.497 e. The lowest BCUT2D eigenvalue weighted by molar-refractivity contribution is 0.414. The molecule has 1 atom stereocenters. The van der Waals surface area contributed by atoms with Gasteiger partial charge in [-0.05, 0) is 57.1 Å². The summed E-state index contributed by atoms with van der Waals surface area (Å²) >= 11 is 0. The molecule has 2 rings (SSSR count). The lowest BCUT2D eigenvalue weighted by Crippen LogP contribution is -2.40. The number of methoxy groups -OCH3 is 1. The molecule has 1 heterocycles. The number of hydrogen-bond acceptors (Lipinski definition) is 3. The largest absolute Gasteiger partial charge is 0.497 e. The van der Waals surface area contributed by atoms with Crippen LogP contribution in [0.5, 0.6) is 5.75 Å². The molecule has 3 heteroatoms. The van der Waals surface area contributed by atoms with Crippen molar-refractivity contribution in [1.82, 2.24) is 5.32 Å². The standard InChI is InChI=1S/C14H22N2O/c1-12-8-10-15-9-3-11-16(12)13-4-6-14(17-2)7-5-13/h4-7,12,15H,3,8-11H2,1-2H3. The van der Waals surface area contributed by atoms with Gasteiger partial charge >= 0.3 is 0 Å². The summed E-state index contributed by atoms with van der Waals surface area (Å²) in [6.45, 7) is 5.67. The van der Waals surface area contributed by atoms with Gasteiger partial charge < -0.3 is 15.0 Å². The summed E-state index contributed by atoms with van der Waals surface area (Å²) in [7, 11) is 1.71. The van der Waals surface area contributed by atoms with Crippen molar-refractivity contribution in [1.29, 1.82) is 0 Å². The fourth-order valence-electron chi connectivity index (χ4n) is 2.34. The highest BCUT2D eigenvalue weighted by Crippen LogP contribution is 2.22. The quantitative estimate of drug-likeness (QED) is 0.849. The predicted molar refractivity (Wildman–Crippen MR) is 71.9 cm³/mol. The van der Waals surface area contributed by atoms with E-state index in [4.69, 9.17) is 4.74 Å². The maximum atomic E-state index is 5.20. The van der Waals surface area contributed by atoms with Crippen molar-refractivity contribution < 1.29 is 4.74 Å². The van der Waals surface area contributed by atoms with E-state index in [1.807, 2.05) is 12.1 Å². The monoisotopic (exact) mass is 234 g/mol. The van der Waals surface area contributed by atoms with E-state index in [9.17, 15) is 0 Å². The van der Waals surface area contributed by atoms with Gasteiger partial charge in [0.25, 0.3) is 0 Å². The van der Waals surface area contributed by atoms with Crippen LogP contribution in [0.2, 0.25) is 0 Å². The average Bonchev–Trinajstić information content (AvgIpc) is 2.35. The lowest BCUT2D eigenvalue weighted by Gasteiger charge is -2.33. The van der Waals surface area contributed by atoms with E-state index < -0.39 is 0 Å². The molecule has 1 unspecified atom stereocenters. The Bertz CT molecular complexity index is 337. The fraction of sp³-hybridized carbons (Fsp3) is 0.571. The molecule has 1 aliphatic heterocycles. The molecule has 0 aliphatic carbocycles. The van der Waals surface area contributed by atoms with E-state index in [2.05, 4.69) is 29.3 Å². The number of anilines is 1. The first-order valence-electron chi connectivity index (χ1n) is 6.42. The molecule has 1 fully saturated rings. The number of rotatable bonds is 2. The smallest absolute Gasteiger partial charge is 0.119 e. The maximum absolute atomic E-state index is 5.20. The van der Waals surface area contributed by atoms with Crippen molar-refractivity contribution in [3.63, 3.8) is 0 Å². The third-order valence-electron chi connectivity index (χ3n) is 3.43. The normalized spacial score (nSPS) is 21.8. The number of nitrogens with one attached hydrogen (secondary N) is 1. The summed E-state index contributed by atoms with van der Waals surface area (Å²) in [5, 5.41) is 3.46. The molecule has 1 aromatic rings. The molecule has 1 aliphatic rings. The zero-order chi connectivity index (χ0) is 12.1. The molecule has 0 radical (unpaired) electrons. The second kappa shape index (κ2) is 5.92. The molecule has 0 bridgehead atoms. The second-order valence-electron chi connectivity index (χ2n) is 4.63. The fourth-order valence-corrected chi connectivity index (χ4v) is 2.34. The van der Waals surface area contributed by atoms with E-state index in [1.165, 1.54) is 18.5 Å². The minimum atomic E-state index is 0.594. The number of ether oxygens (including phenoxy) is 1. The van der Waals surface area contributed by atoms with Crippen LogP contribution in [0.4, 0.5) is 5.69 Å². The third kappa shape index (κ3) is 3.13. The van der Waals surface area contributed by atoms with E-state index >= 15 is 0 Å². The van der Waals surface area contributed by atoms with Crippen LogP contribution in [-0.2, 0) is 0 Å². The van der Waals surface area contributed by atoms with Crippen molar-refractivity contribution in [2.24, 2.45) is 0 Å². The van der Waals surface area contributed by atoms with E-state index in [-0.39, 0.29) is 0 Å². The van der Waals surface area contributed by atoms with Gasteiger partial charge in [0.05, 0.1) is 7.11 Å². The molecule has 0 amide bonds. The number of nitrogens with zero attached hydrogens (tertiary/aromatic N) is 1. The Balaban J connectivity index is 2.11. The number of benzene rings is 1. The van der Waals surface area contributed by atoms with Crippen LogP contribution >= 0.6 is 0 Å². The van der Waals surface area contributed by atoms with E-state index in [0.29, 0.717) is 6.04 Å². The molecule has 1 saturated heterocycles. The molecule has 3 nitrogen and oxygen atoms in total. The van der Waals surface area contributed by atoms with Gasteiger partial charge in [0.2, 0.25) is 0 Å². The summed E-state index contributed by atoms with van der Waals surface area (Å²) in [5.74, 6) is 0.926. The van der Waals surface area contributed by atoms with Crippen molar-refractivity contribution in [2.75, 3.05) is 31.6 Å². The highest BCUT2D eigenvalue weighted by molar-refractivity contribution is 5.49. The van der Waals surface area contributed by atoms with Crippen LogP contribution < -0.4 is 15.0 Å². The first-order chi connectivity index (χ1) is 8.31. The average molecular weight is 234 g/mol. The topological polar surface area (TPSA) is 24.5 Å². The molecule has 0 saturated carbocycles. The van der Waals surface area contributed by atoms with Gasteiger partial charge in [-0.15, -0.1) is 0 Å². The second-order valence-corrected chi connectivity index (χ2v) is 4.63. The highest BCUT2D eigenvalue weighted by atomic mass is 16.5. The Morgan fingerprint density at radius 3 is 2.71 bits per heavy atom. The van der Waals surface area contributed by atoms with Gasteiger partial charge in [-0.2, -0.15) is 0 Å². The summed E-state index contributed by atoms with van der Waals surface area (Å²) in [5.41, 5.74) is 1.31. The Kier molecular flexibility index (Phi) is 4.26. The molecule has 0 spiro atoms. The van der Waals surface area contributed by atoms with Gasteiger partial charge in [0.1, 0.15) is 5.75 Å². The summed E-state index contributed by atoms with van der Waals surface area (Å²) in [6.07, 6.45) is 2.41. The van der Waals surface area contributed by atoms with Gasteiger partial charge in [0, 0.05) is 18.3 Å². The van der Waals surface area contributed by atoms with E-state index in [0.717, 1.165) is 25.4 Å². The molecule has 17 heavy (non-hydrogen) atoms. The Morgan fingerprint density at radius 1 is 1.24 bits per heavy atom. The van der Waals surface area contributed by atoms with Crippen LogP contribution in [0.15, 0.2) is 24.3 Å². The molecular formula is C14H22N2O. The Hall–Kier alpha value is -1.22. The summed E-state index contributed by atoms with van der Waals surface area (Å²) in [6, 6.07) is 8.99. The van der Waals surface area contributed by atoms with Gasteiger partial charge in [-0.1, -0.05) is 0 Å². The minimum absolute atomic E-state index is 0.594. The van der Waals surface area contributed by atoms with Crippen molar-refractivity contribution in [3.8, 4) is 5.75 Å². The molecule has 1 aromatic carbocycles. The maximum Gasteiger partial charge on any atom is 0.119 e. The van der Waals surface area contributed by atoms with Crippen LogP contribution in [0.1, 0.15) is 19.8 Å². The number of hydrogen-bond donors (Lipinski definition) is 1. The molecular weight excluding hydrogens is 212 g/mol. The Morgan fingerprint density at radius 2 is 2.00 bits per heavy atom.